The van der Waals surface area contributed by atoms with Crippen LogP contribution in [0.3, 0.4) is 0 Å². The van der Waals surface area contributed by atoms with Gasteiger partial charge in [-0.3, -0.25) is 5.10 Å². The highest BCUT2D eigenvalue weighted by Crippen LogP contribution is 2.27. The van der Waals surface area contributed by atoms with Gasteiger partial charge in [-0.15, -0.1) is 0 Å². The van der Waals surface area contributed by atoms with Crippen molar-refractivity contribution in [1.82, 2.24) is 20.1 Å². The maximum atomic E-state index is 4.07. The van der Waals surface area contributed by atoms with Gasteiger partial charge in [-0.1, -0.05) is 0 Å². The summed E-state index contributed by atoms with van der Waals surface area (Å²) in [5.74, 6) is 0. The van der Waals surface area contributed by atoms with Crippen molar-refractivity contribution in [3.05, 3.63) is 29.8 Å². The molecule has 0 fully saturated rings. The number of hydrogen-bond donors (Lipinski definition) is 2. The lowest BCUT2D eigenvalue weighted by Crippen LogP contribution is -2.27. The molecule has 1 aliphatic heterocycles. The fraction of sp³-hybridized carbons (Fsp3) is 0.364. The molecule has 0 bridgehead atoms. The highest BCUT2D eigenvalue weighted by Gasteiger charge is 2.15. The number of fused-ring (bicyclic) bond motifs is 1. The number of nitrogens with one attached hydrogen (secondary N) is 2. The van der Waals surface area contributed by atoms with Crippen LogP contribution in [-0.4, -0.2) is 21.3 Å². The highest BCUT2D eigenvalue weighted by atomic mass is 15.1. The Bertz CT molecular complexity index is 480. The second-order valence-corrected chi connectivity index (χ2v) is 3.95. The van der Waals surface area contributed by atoms with Crippen molar-refractivity contribution in [2.45, 2.75) is 20.0 Å². The van der Waals surface area contributed by atoms with Crippen LogP contribution in [0.2, 0.25) is 0 Å². The van der Waals surface area contributed by atoms with Gasteiger partial charge in [0.1, 0.15) is 0 Å². The van der Waals surface area contributed by atoms with Crippen molar-refractivity contribution < 1.29 is 0 Å². The minimum atomic E-state index is 0.951. The normalized spacial score (nSPS) is 15.3. The van der Waals surface area contributed by atoms with Crippen molar-refractivity contribution in [2.75, 3.05) is 6.54 Å². The first kappa shape index (κ1) is 8.73. The van der Waals surface area contributed by atoms with Gasteiger partial charge in [0.05, 0.1) is 6.20 Å². The molecule has 0 spiro atoms. The number of aryl methyl sites for hydroxylation is 1. The molecule has 2 aromatic rings. The molecule has 0 saturated carbocycles. The topological polar surface area (TPSA) is 45.6 Å². The molecule has 0 amide bonds. The summed E-state index contributed by atoms with van der Waals surface area (Å²) in [6.45, 7) is 5.13. The molecule has 3 heterocycles. The van der Waals surface area contributed by atoms with E-state index in [1.807, 2.05) is 6.20 Å². The molecular formula is C11H14N4. The van der Waals surface area contributed by atoms with Gasteiger partial charge < -0.3 is 9.88 Å². The Morgan fingerprint density at radius 1 is 1.40 bits per heavy atom. The van der Waals surface area contributed by atoms with Crippen LogP contribution in [0.15, 0.2) is 18.5 Å². The summed E-state index contributed by atoms with van der Waals surface area (Å²) in [5.41, 5.74) is 5.02. The molecule has 0 atom stereocenters. The summed E-state index contributed by atoms with van der Waals surface area (Å²) in [4.78, 5) is 0. The van der Waals surface area contributed by atoms with E-state index < -0.39 is 0 Å². The van der Waals surface area contributed by atoms with E-state index in [1.54, 1.807) is 0 Å². The van der Waals surface area contributed by atoms with Crippen LogP contribution in [-0.2, 0) is 13.1 Å². The van der Waals surface area contributed by atoms with Crippen LogP contribution in [0.1, 0.15) is 11.4 Å². The quantitative estimate of drug-likeness (QED) is 0.732. The number of aromatic amines is 1. The second kappa shape index (κ2) is 3.24. The maximum Gasteiger partial charge on any atom is 0.0569 e. The largest absolute Gasteiger partial charge is 0.348 e. The molecule has 2 aromatic heterocycles. The first-order chi connectivity index (χ1) is 7.36. The van der Waals surface area contributed by atoms with Gasteiger partial charge in [0, 0.05) is 48.3 Å². The predicted molar refractivity (Wildman–Crippen MR) is 58.5 cm³/mol. The van der Waals surface area contributed by atoms with E-state index >= 15 is 0 Å². The SMILES string of the molecule is Cc1[nH]ncc1-c1ccn2c1CNCC2. The van der Waals surface area contributed by atoms with Gasteiger partial charge >= 0.3 is 0 Å². The average molecular weight is 202 g/mol. The third-order valence-electron chi connectivity index (χ3n) is 3.02. The fourth-order valence-corrected chi connectivity index (χ4v) is 2.19. The Balaban J connectivity index is 2.13. The third-order valence-corrected chi connectivity index (χ3v) is 3.02. The van der Waals surface area contributed by atoms with E-state index in [0.29, 0.717) is 0 Å². The zero-order chi connectivity index (χ0) is 10.3. The molecule has 0 unspecified atom stereocenters. The minimum Gasteiger partial charge on any atom is -0.348 e. The van der Waals surface area contributed by atoms with Gasteiger partial charge in [-0.2, -0.15) is 5.10 Å². The Hall–Kier alpha value is -1.55. The summed E-state index contributed by atoms with van der Waals surface area (Å²) < 4.78 is 2.32. The van der Waals surface area contributed by atoms with E-state index in [2.05, 4.69) is 39.3 Å². The Kier molecular flexibility index (Phi) is 1.89. The zero-order valence-corrected chi connectivity index (χ0v) is 8.75. The molecule has 4 heteroatoms. The summed E-state index contributed by atoms with van der Waals surface area (Å²) in [7, 11) is 0. The maximum absolute atomic E-state index is 4.07. The van der Waals surface area contributed by atoms with E-state index in [-0.39, 0.29) is 0 Å². The molecule has 4 nitrogen and oxygen atoms in total. The predicted octanol–water partition coefficient (Wildman–Crippen LogP) is 1.29. The number of aromatic nitrogens is 3. The molecule has 1 aliphatic rings. The van der Waals surface area contributed by atoms with E-state index in [9.17, 15) is 0 Å². The standard InChI is InChI=1S/C11H14N4/c1-8-10(6-13-14-8)9-2-4-15-5-3-12-7-11(9)15/h2,4,6,12H,3,5,7H2,1H3,(H,13,14). The van der Waals surface area contributed by atoms with Crippen LogP contribution in [0, 0.1) is 6.92 Å². The summed E-state index contributed by atoms with van der Waals surface area (Å²) >= 11 is 0. The molecule has 2 N–H and O–H groups in total. The van der Waals surface area contributed by atoms with Gasteiger partial charge in [-0.25, -0.2) is 0 Å². The van der Waals surface area contributed by atoms with Gasteiger partial charge in [-0.05, 0) is 13.0 Å². The van der Waals surface area contributed by atoms with Crippen LogP contribution in [0.5, 0.6) is 0 Å². The van der Waals surface area contributed by atoms with Crippen LogP contribution in [0.4, 0.5) is 0 Å². The van der Waals surface area contributed by atoms with E-state index in [0.717, 1.165) is 25.3 Å². The van der Waals surface area contributed by atoms with Gasteiger partial charge in [0.25, 0.3) is 0 Å². The number of rotatable bonds is 1. The molecule has 0 saturated heterocycles. The Morgan fingerprint density at radius 2 is 2.33 bits per heavy atom. The van der Waals surface area contributed by atoms with Gasteiger partial charge in [0.15, 0.2) is 0 Å². The van der Waals surface area contributed by atoms with Crippen molar-refractivity contribution in [3.8, 4) is 11.1 Å². The first-order valence-electron chi connectivity index (χ1n) is 5.25. The lowest BCUT2D eigenvalue weighted by molar-refractivity contribution is 0.517. The average Bonchev–Trinajstić information content (AvgIpc) is 2.83. The first-order valence-corrected chi connectivity index (χ1v) is 5.25. The van der Waals surface area contributed by atoms with E-state index in [1.165, 1.54) is 16.8 Å². The number of H-pyrrole nitrogens is 1. The summed E-state index contributed by atoms with van der Waals surface area (Å²) in [6, 6.07) is 2.18. The van der Waals surface area contributed by atoms with Crippen molar-refractivity contribution in [2.24, 2.45) is 0 Å². The third kappa shape index (κ3) is 1.29. The molecule has 0 aromatic carbocycles. The zero-order valence-electron chi connectivity index (χ0n) is 8.75. The Morgan fingerprint density at radius 3 is 3.13 bits per heavy atom. The Labute approximate surface area is 88.3 Å². The van der Waals surface area contributed by atoms with Gasteiger partial charge in [0.2, 0.25) is 0 Å². The van der Waals surface area contributed by atoms with Crippen LogP contribution >= 0.6 is 0 Å². The minimum absolute atomic E-state index is 0.951. The fourth-order valence-electron chi connectivity index (χ4n) is 2.19. The van der Waals surface area contributed by atoms with Crippen molar-refractivity contribution >= 4 is 0 Å². The summed E-state index contributed by atoms with van der Waals surface area (Å²) in [5, 5.41) is 10.5. The molecule has 15 heavy (non-hydrogen) atoms. The van der Waals surface area contributed by atoms with Crippen LogP contribution < -0.4 is 5.32 Å². The second-order valence-electron chi connectivity index (χ2n) is 3.95. The lowest BCUT2D eigenvalue weighted by atomic mass is 10.1. The number of hydrogen-bond acceptors (Lipinski definition) is 2. The van der Waals surface area contributed by atoms with Crippen molar-refractivity contribution in [3.63, 3.8) is 0 Å². The molecule has 0 aliphatic carbocycles. The summed E-state index contributed by atoms with van der Waals surface area (Å²) in [6.07, 6.45) is 4.07. The van der Waals surface area contributed by atoms with E-state index in [4.69, 9.17) is 0 Å². The lowest BCUT2D eigenvalue weighted by Gasteiger charge is -2.17. The molecule has 3 rings (SSSR count). The molecular weight excluding hydrogens is 188 g/mol. The monoisotopic (exact) mass is 202 g/mol. The van der Waals surface area contributed by atoms with Crippen molar-refractivity contribution in [1.29, 1.82) is 0 Å². The van der Waals surface area contributed by atoms with Crippen LogP contribution in [0.25, 0.3) is 11.1 Å². The number of nitrogens with zero attached hydrogens (tertiary/aromatic N) is 2. The molecule has 78 valence electrons. The molecule has 0 radical (unpaired) electrons. The smallest absolute Gasteiger partial charge is 0.0569 e. The highest BCUT2D eigenvalue weighted by molar-refractivity contribution is 5.68.